The maximum absolute atomic E-state index is 13.0. The van der Waals surface area contributed by atoms with Crippen molar-refractivity contribution in [3.8, 4) is 0 Å². The summed E-state index contributed by atoms with van der Waals surface area (Å²) in [6, 6.07) is 9.35. The molecule has 4 nitrogen and oxygen atoms in total. The van der Waals surface area contributed by atoms with Gasteiger partial charge < -0.3 is 0 Å². The fourth-order valence-electron chi connectivity index (χ4n) is 1.53. The topological polar surface area (TPSA) is 58.5 Å². The lowest BCUT2D eigenvalue weighted by molar-refractivity contribution is 0.508. The normalized spacial score (nSPS) is 11.8. The lowest BCUT2D eigenvalue weighted by Gasteiger charge is -2.03. The van der Waals surface area contributed by atoms with Crippen LogP contribution in [0.2, 0.25) is 0 Å². The third-order valence-electron chi connectivity index (χ3n) is 2.66. The molecule has 0 bridgehead atoms. The highest BCUT2D eigenvalue weighted by Gasteiger charge is 2.11. The monoisotopic (exact) mass is 310 g/mol. The average Bonchev–Trinajstić information content (AvgIpc) is 2.43. The number of halogens is 2. The van der Waals surface area contributed by atoms with Crippen LogP contribution in [0.25, 0.3) is 0 Å². The number of hydrazone groups is 1. The minimum Gasteiger partial charge on any atom is -0.204 e. The Morgan fingerprint density at radius 1 is 1.05 bits per heavy atom. The average molecular weight is 310 g/mol. The summed E-state index contributed by atoms with van der Waals surface area (Å²) in [6.07, 6.45) is 1.09. The fourth-order valence-corrected chi connectivity index (χ4v) is 2.32. The molecular formula is C14H12F2N2O2S. The zero-order valence-corrected chi connectivity index (χ0v) is 11.9. The van der Waals surface area contributed by atoms with Crippen LogP contribution in [0.3, 0.4) is 0 Å². The number of benzene rings is 2. The Morgan fingerprint density at radius 3 is 2.33 bits per heavy atom. The summed E-state index contributed by atoms with van der Waals surface area (Å²) in [5.74, 6) is -2.01. The number of aryl methyl sites for hydroxylation is 1. The largest absolute Gasteiger partial charge is 0.276 e. The lowest BCUT2D eigenvalue weighted by atomic mass is 10.2. The maximum Gasteiger partial charge on any atom is 0.276 e. The molecule has 21 heavy (non-hydrogen) atoms. The van der Waals surface area contributed by atoms with E-state index >= 15 is 0 Å². The van der Waals surface area contributed by atoms with Gasteiger partial charge in [0.2, 0.25) is 0 Å². The van der Waals surface area contributed by atoms with Crippen molar-refractivity contribution in [3.63, 3.8) is 0 Å². The van der Waals surface area contributed by atoms with Crippen LogP contribution in [-0.4, -0.2) is 14.6 Å². The van der Waals surface area contributed by atoms with E-state index in [9.17, 15) is 17.2 Å². The van der Waals surface area contributed by atoms with Gasteiger partial charge in [-0.05, 0) is 36.8 Å². The highest BCUT2D eigenvalue weighted by molar-refractivity contribution is 7.89. The van der Waals surface area contributed by atoms with E-state index in [-0.39, 0.29) is 10.5 Å². The smallest absolute Gasteiger partial charge is 0.204 e. The molecule has 0 radical (unpaired) electrons. The highest BCUT2D eigenvalue weighted by atomic mass is 32.2. The summed E-state index contributed by atoms with van der Waals surface area (Å²) in [5, 5.41) is 3.53. The quantitative estimate of drug-likeness (QED) is 0.697. The molecule has 0 aromatic heterocycles. The second-order valence-electron chi connectivity index (χ2n) is 4.34. The third kappa shape index (κ3) is 3.85. The Bertz CT molecular complexity index is 772. The summed E-state index contributed by atoms with van der Waals surface area (Å²) >= 11 is 0. The molecule has 110 valence electrons. The van der Waals surface area contributed by atoms with E-state index in [4.69, 9.17) is 0 Å². The van der Waals surface area contributed by atoms with Gasteiger partial charge in [-0.2, -0.15) is 13.5 Å². The van der Waals surface area contributed by atoms with Crippen LogP contribution < -0.4 is 4.83 Å². The molecule has 0 atom stereocenters. The first-order valence-electron chi connectivity index (χ1n) is 5.95. The molecule has 1 N–H and O–H groups in total. The Balaban J connectivity index is 2.12. The molecule has 0 saturated heterocycles. The molecule has 2 aromatic carbocycles. The molecule has 0 heterocycles. The van der Waals surface area contributed by atoms with Crippen molar-refractivity contribution in [3.05, 3.63) is 65.2 Å². The van der Waals surface area contributed by atoms with Gasteiger partial charge in [-0.1, -0.05) is 23.8 Å². The van der Waals surface area contributed by atoms with Crippen molar-refractivity contribution in [2.45, 2.75) is 11.8 Å². The zero-order valence-electron chi connectivity index (χ0n) is 11.0. The van der Waals surface area contributed by atoms with Crippen molar-refractivity contribution in [2.24, 2.45) is 5.10 Å². The fraction of sp³-hybridized carbons (Fsp3) is 0.0714. The molecule has 2 rings (SSSR count). The molecule has 0 aliphatic heterocycles. The molecule has 0 unspecified atom stereocenters. The molecule has 7 heteroatoms. The molecule has 0 fully saturated rings. The number of nitrogens with one attached hydrogen (secondary N) is 1. The molecule has 0 saturated carbocycles. The van der Waals surface area contributed by atoms with Crippen LogP contribution in [-0.2, 0) is 10.0 Å². The van der Waals surface area contributed by atoms with Gasteiger partial charge >= 0.3 is 0 Å². The van der Waals surface area contributed by atoms with Crippen molar-refractivity contribution >= 4 is 16.2 Å². The van der Waals surface area contributed by atoms with Crippen LogP contribution in [0.1, 0.15) is 11.1 Å². The SMILES string of the molecule is Cc1ccc(S(=O)(=O)N/N=C\c2ccc(F)c(F)c2)cc1. The summed E-state index contributed by atoms with van der Waals surface area (Å²) in [5.41, 5.74) is 1.17. The van der Waals surface area contributed by atoms with Gasteiger partial charge in [-0.25, -0.2) is 13.6 Å². The Labute approximate surface area is 121 Å². The first kappa shape index (κ1) is 15.1. The van der Waals surface area contributed by atoms with Crippen molar-refractivity contribution in [2.75, 3.05) is 0 Å². The standard InChI is InChI=1S/C14H12F2N2O2S/c1-10-2-5-12(6-3-10)21(19,20)18-17-9-11-4-7-13(15)14(16)8-11/h2-9,18H,1H3/b17-9-. The van der Waals surface area contributed by atoms with Gasteiger partial charge in [0, 0.05) is 0 Å². The second-order valence-corrected chi connectivity index (χ2v) is 6.00. The van der Waals surface area contributed by atoms with Crippen LogP contribution in [0, 0.1) is 18.6 Å². The predicted octanol–water partition coefficient (Wildman–Crippen LogP) is 2.59. The highest BCUT2D eigenvalue weighted by Crippen LogP contribution is 2.10. The lowest BCUT2D eigenvalue weighted by Crippen LogP contribution is -2.18. The van der Waals surface area contributed by atoms with E-state index in [1.54, 1.807) is 12.1 Å². The third-order valence-corrected chi connectivity index (χ3v) is 3.90. The van der Waals surface area contributed by atoms with Gasteiger partial charge in [0.05, 0.1) is 11.1 Å². The summed E-state index contributed by atoms with van der Waals surface area (Å²) in [4.78, 5) is 2.07. The van der Waals surface area contributed by atoms with E-state index in [1.807, 2.05) is 11.8 Å². The number of sulfonamides is 1. The summed E-state index contributed by atoms with van der Waals surface area (Å²) in [7, 11) is -3.78. The summed E-state index contributed by atoms with van der Waals surface area (Å²) in [6.45, 7) is 1.84. The Kier molecular flexibility index (Phi) is 4.32. The Hall–Kier alpha value is -2.28. The minimum absolute atomic E-state index is 0.0653. The second kappa shape index (κ2) is 6.01. The zero-order chi connectivity index (χ0) is 15.5. The van der Waals surface area contributed by atoms with Gasteiger partial charge in [0.15, 0.2) is 11.6 Å². The van der Waals surface area contributed by atoms with Crippen LogP contribution in [0.15, 0.2) is 52.5 Å². The van der Waals surface area contributed by atoms with Gasteiger partial charge in [-0.15, -0.1) is 0 Å². The molecule has 0 aliphatic rings. The van der Waals surface area contributed by atoms with Gasteiger partial charge in [0.25, 0.3) is 10.0 Å². The Morgan fingerprint density at radius 2 is 1.71 bits per heavy atom. The van der Waals surface area contributed by atoms with E-state index in [2.05, 4.69) is 5.10 Å². The van der Waals surface area contributed by atoms with Crippen molar-refractivity contribution in [1.29, 1.82) is 0 Å². The van der Waals surface area contributed by atoms with E-state index in [0.717, 1.165) is 23.9 Å². The van der Waals surface area contributed by atoms with E-state index < -0.39 is 21.7 Å². The van der Waals surface area contributed by atoms with Crippen LogP contribution in [0.5, 0.6) is 0 Å². The number of rotatable bonds is 4. The van der Waals surface area contributed by atoms with Gasteiger partial charge in [0.1, 0.15) is 0 Å². The van der Waals surface area contributed by atoms with Crippen LogP contribution in [0.4, 0.5) is 8.78 Å². The predicted molar refractivity (Wildman–Crippen MR) is 75.5 cm³/mol. The minimum atomic E-state index is -3.78. The number of hydrogen-bond acceptors (Lipinski definition) is 3. The molecule has 2 aromatic rings. The van der Waals surface area contributed by atoms with E-state index in [1.165, 1.54) is 18.2 Å². The van der Waals surface area contributed by atoms with Crippen LogP contribution >= 0.6 is 0 Å². The molecule has 0 amide bonds. The molecular weight excluding hydrogens is 298 g/mol. The summed E-state index contributed by atoms with van der Waals surface area (Å²) < 4.78 is 49.5. The number of hydrogen-bond donors (Lipinski definition) is 1. The van der Waals surface area contributed by atoms with Crippen molar-refractivity contribution in [1.82, 2.24) is 4.83 Å². The first-order valence-corrected chi connectivity index (χ1v) is 7.43. The maximum atomic E-state index is 13.0. The van der Waals surface area contributed by atoms with E-state index in [0.29, 0.717) is 0 Å². The van der Waals surface area contributed by atoms with Crippen molar-refractivity contribution < 1.29 is 17.2 Å². The first-order chi connectivity index (χ1) is 9.88. The molecule has 0 aliphatic carbocycles. The van der Waals surface area contributed by atoms with Gasteiger partial charge in [-0.3, -0.25) is 0 Å². The number of nitrogens with zero attached hydrogens (tertiary/aromatic N) is 1. The molecule has 0 spiro atoms.